The fraction of sp³-hybridized carbons (Fsp3) is 0.200. The van der Waals surface area contributed by atoms with Crippen molar-refractivity contribution in [3.63, 3.8) is 0 Å². The van der Waals surface area contributed by atoms with E-state index in [1.807, 2.05) is 19.9 Å². The second kappa shape index (κ2) is 8.39. The summed E-state index contributed by atoms with van der Waals surface area (Å²) in [5, 5.41) is 7.60. The summed E-state index contributed by atoms with van der Waals surface area (Å²) in [6.07, 6.45) is 1.48. The average Bonchev–Trinajstić information content (AvgIpc) is 3.07. The van der Waals surface area contributed by atoms with Gasteiger partial charge >= 0.3 is 6.61 Å². The highest BCUT2D eigenvalue weighted by atomic mass is 35.5. The van der Waals surface area contributed by atoms with E-state index >= 15 is 0 Å². The third-order valence-corrected chi connectivity index (χ3v) is 4.20. The van der Waals surface area contributed by atoms with Crippen LogP contribution in [0.1, 0.15) is 35.8 Å². The Balaban J connectivity index is 1.90. The molecule has 0 aliphatic carbocycles. The third kappa shape index (κ3) is 4.48. The Kier molecular flexibility index (Phi) is 5.94. The van der Waals surface area contributed by atoms with Crippen LogP contribution in [0.2, 0.25) is 5.02 Å². The van der Waals surface area contributed by atoms with Crippen molar-refractivity contribution >= 4 is 23.2 Å². The molecular weight excluding hydrogens is 388 g/mol. The van der Waals surface area contributed by atoms with Crippen LogP contribution in [-0.2, 0) is 0 Å². The first-order valence-corrected chi connectivity index (χ1v) is 8.93. The number of alkyl halides is 2. The van der Waals surface area contributed by atoms with E-state index in [4.69, 9.17) is 11.6 Å². The molecule has 1 amide bonds. The summed E-state index contributed by atoms with van der Waals surface area (Å²) < 4.78 is 30.8. The van der Waals surface area contributed by atoms with Crippen LogP contribution in [0, 0.1) is 0 Å². The maximum Gasteiger partial charge on any atom is 0.387 e. The van der Waals surface area contributed by atoms with Crippen LogP contribution >= 0.6 is 11.6 Å². The third-order valence-electron chi connectivity index (χ3n) is 3.97. The molecule has 2 aromatic carbocycles. The molecule has 1 N–H and O–H groups in total. The largest absolute Gasteiger partial charge is 0.435 e. The first kappa shape index (κ1) is 19.8. The van der Waals surface area contributed by atoms with Crippen molar-refractivity contribution in [3.8, 4) is 11.4 Å². The molecule has 0 aliphatic rings. The molecule has 5 nitrogen and oxygen atoms in total. The zero-order valence-electron chi connectivity index (χ0n) is 15.2. The molecule has 3 rings (SSSR count). The molecule has 0 fully saturated rings. The fourth-order valence-corrected chi connectivity index (χ4v) is 3.04. The zero-order chi connectivity index (χ0) is 20.3. The molecular formula is C20H18ClF2N3O2. The Morgan fingerprint density at radius 2 is 1.93 bits per heavy atom. The first-order valence-electron chi connectivity index (χ1n) is 8.55. The Morgan fingerprint density at radius 3 is 2.61 bits per heavy atom. The van der Waals surface area contributed by atoms with Gasteiger partial charge in [-0.25, -0.2) is 4.68 Å². The van der Waals surface area contributed by atoms with Crippen LogP contribution in [0.15, 0.2) is 54.7 Å². The number of hydrogen-bond donors (Lipinski definition) is 1. The summed E-state index contributed by atoms with van der Waals surface area (Å²) in [6, 6.07) is 13.0. The number of carbonyl (C=O) groups excluding carboxylic acids is 1. The summed E-state index contributed by atoms with van der Waals surface area (Å²) >= 11 is 6.07. The highest BCUT2D eigenvalue weighted by Gasteiger charge is 2.21. The van der Waals surface area contributed by atoms with E-state index in [9.17, 15) is 13.6 Å². The van der Waals surface area contributed by atoms with Gasteiger partial charge < -0.3 is 10.1 Å². The second-order valence-corrected chi connectivity index (χ2v) is 6.79. The maximum absolute atomic E-state index is 12.8. The van der Waals surface area contributed by atoms with Crippen molar-refractivity contribution in [3.05, 3.63) is 71.0 Å². The minimum atomic E-state index is -2.94. The minimum Gasteiger partial charge on any atom is -0.435 e. The summed E-state index contributed by atoms with van der Waals surface area (Å²) in [6.45, 7) is 0.965. The van der Waals surface area contributed by atoms with Crippen LogP contribution in [0.5, 0.6) is 5.75 Å². The number of hydrogen-bond acceptors (Lipinski definition) is 3. The van der Waals surface area contributed by atoms with Crippen LogP contribution in [0.3, 0.4) is 0 Å². The lowest BCUT2D eigenvalue weighted by Gasteiger charge is -2.13. The lowest BCUT2D eigenvalue weighted by molar-refractivity contribution is -0.0497. The quantitative estimate of drug-likeness (QED) is 0.588. The van der Waals surface area contributed by atoms with E-state index in [1.165, 1.54) is 24.4 Å². The topological polar surface area (TPSA) is 56.1 Å². The predicted octanol–water partition coefficient (Wildman–Crippen LogP) is 5.50. The molecule has 0 unspecified atom stereocenters. The Labute approximate surface area is 165 Å². The van der Waals surface area contributed by atoms with E-state index in [1.54, 1.807) is 28.9 Å². The minimum absolute atomic E-state index is 0.00395. The lowest BCUT2D eigenvalue weighted by Crippen LogP contribution is -2.15. The molecule has 0 saturated carbocycles. The van der Waals surface area contributed by atoms with E-state index in [-0.39, 0.29) is 11.7 Å². The van der Waals surface area contributed by atoms with Gasteiger partial charge in [-0.15, -0.1) is 0 Å². The monoisotopic (exact) mass is 405 g/mol. The molecule has 0 spiro atoms. The molecule has 1 heterocycles. The van der Waals surface area contributed by atoms with Gasteiger partial charge in [0, 0.05) is 16.8 Å². The van der Waals surface area contributed by atoms with Gasteiger partial charge in [0.2, 0.25) is 0 Å². The van der Waals surface area contributed by atoms with Gasteiger partial charge in [0.1, 0.15) is 5.75 Å². The molecule has 1 aromatic heterocycles. The number of anilines is 1. The van der Waals surface area contributed by atoms with E-state index in [2.05, 4.69) is 15.2 Å². The van der Waals surface area contributed by atoms with Gasteiger partial charge in [-0.3, -0.25) is 4.79 Å². The number of ether oxygens (including phenoxy) is 1. The molecule has 0 saturated heterocycles. The fourth-order valence-electron chi connectivity index (χ4n) is 2.85. The summed E-state index contributed by atoms with van der Waals surface area (Å²) in [5.74, 6) is -0.437. The van der Waals surface area contributed by atoms with Crippen molar-refractivity contribution in [1.29, 1.82) is 0 Å². The molecule has 0 radical (unpaired) electrons. The molecule has 3 aromatic rings. The normalized spacial score (nSPS) is 11.1. The number of nitrogens with zero attached hydrogens (tertiary/aromatic N) is 2. The smallest absolute Gasteiger partial charge is 0.387 e. The Morgan fingerprint density at radius 1 is 1.18 bits per heavy atom. The first-order chi connectivity index (χ1) is 13.3. The van der Waals surface area contributed by atoms with Crippen molar-refractivity contribution in [1.82, 2.24) is 9.78 Å². The van der Waals surface area contributed by atoms with Gasteiger partial charge in [-0.05, 0) is 36.2 Å². The average molecular weight is 406 g/mol. The van der Waals surface area contributed by atoms with E-state index in [0.717, 1.165) is 5.69 Å². The maximum atomic E-state index is 12.8. The van der Waals surface area contributed by atoms with Crippen molar-refractivity contribution in [2.24, 2.45) is 0 Å². The number of halogens is 3. The highest BCUT2D eigenvalue weighted by molar-refractivity contribution is 6.30. The van der Waals surface area contributed by atoms with Gasteiger partial charge in [0.25, 0.3) is 5.91 Å². The van der Waals surface area contributed by atoms with Crippen molar-refractivity contribution in [2.45, 2.75) is 26.4 Å². The van der Waals surface area contributed by atoms with E-state index < -0.39 is 12.5 Å². The standard InChI is InChI=1S/C20H18ClF2N3O2/c1-12(2)18-17(11-24-26(18)15-7-3-5-13(21)9-15)19(27)25-14-6-4-8-16(10-14)28-20(22)23/h3-12,20H,1-2H3,(H,25,27). The van der Waals surface area contributed by atoms with Gasteiger partial charge in [0.05, 0.1) is 23.1 Å². The van der Waals surface area contributed by atoms with Crippen LogP contribution < -0.4 is 10.1 Å². The molecule has 0 atom stereocenters. The van der Waals surface area contributed by atoms with Gasteiger partial charge in [0.15, 0.2) is 0 Å². The summed E-state index contributed by atoms with van der Waals surface area (Å²) in [7, 11) is 0. The predicted molar refractivity (Wildman–Crippen MR) is 104 cm³/mol. The molecule has 8 heteroatoms. The summed E-state index contributed by atoms with van der Waals surface area (Å²) in [4.78, 5) is 12.8. The summed E-state index contributed by atoms with van der Waals surface area (Å²) in [5.41, 5.74) is 2.17. The highest BCUT2D eigenvalue weighted by Crippen LogP contribution is 2.26. The molecule has 146 valence electrons. The molecule has 0 bridgehead atoms. The van der Waals surface area contributed by atoms with Crippen LogP contribution in [0.25, 0.3) is 5.69 Å². The van der Waals surface area contributed by atoms with Gasteiger partial charge in [-0.1, -0.05) is 37.6 Å². The van der Waals surface area contributed by atoms with Crippen molar-refractivity contribution in [2.75, 3.05) is 5.32 Å². The van der Waals surface area contributed by atoms with Crippen LogP contribution in [0.4, 0.5) is 14.5 Å². The second-order valence-electron chi connectivity index (χ2n) is 6.35. The molecule has 0 aliphatic heterocycles. The zero-order valence-corrected chi connectivity index (χ0v) is 16.0. The number of aromatic nitrogens is 2. The number of nitrogens with one attached hydrogen (secondary N) is 1. The number of amides is 1. The molecule has 28 heavy (non-hydrogen) atoms. The Hall–Kier alpha value is -2.93. The van der Waals surface area contributed by atoms with Crippen molar-refractivity contribution < 1.29 is 18.3 Å². The van der Waals surface area contributed by atoms with E-state index in [0.29, 0.717) is 22.0 Å². The SMILES string of the molecule is CC(C)c1c(C(=O)Nc2cccc(OC(F)F)c2)cnn1-c1cccc(Cl)c1. The lowest BCUT2D eigenvalue weighted by atomic mass is 10.0. The Bertz CT molecular complexity index is 989. The number of carbonyl (C=O) groups is 1. The van der Waals surface area contributed by atoms with Gasteiger partial charge in [-0.2, -0.15) is 13.9 Å². The van der Waals surface area contributed by atoms with Crippen LogP contribution in [-0.4, -0.2) is 22.3 Å². The number of rotatable bonds is 6. The number of benzene rings is 2.